The van der Waals surface area contributed by atoms with E-state index >= 15 is 0 Å². The maximum Gasteiger partial charge on any atom is 0.221 e. The van der Waals surface area contributed by atoms with Crippen LogP contribution in [0.2, 0.25) is 0 Å². The fourth-order valence-electron chi connectivity index (χ4n) is 1.21. The SMILES string of the molecule is CNC(=O)CCNc1ccccc1C. The van der Waals surface area contributed by atoms with E-state index in [2.05, 4.69) is 10.6 Å². The molecule has 1 rings (SSSR count). The monoisotopic (exact) mass is 192 g/mol. The molecule has 1 amide bonds. The molecule has 2 N–H and O–H groups in total. The van der Waals surface area contributed by atoms with Crippen LogP contribution in [-0.2, 0) is 4.79 Å². The van der Waals surface area contributed by atoms with E-state index in [1.54, 1.807) is 7.05 Å². The van der Waals surface area contributed by atoms with Crippen LogP contribution in [0.1, 0.15) is 12.0 Å². The first-order valence-corrected chi connectivity index (χ1v) is 4.74. The first-order chi connectivity index (χ1) is 6.74. The highest BCUT2D eigenvalue weighted by Gasteiger charge is 1.98. The Kier molecular flexibility index (Phi) is 3.98. The van der Waals surface area contributed by atoms with Crippen LogP contribution in [0, 0.1) is 6.92 Å². The Morgan fingerprint density at radius 1 is 1.36 bits per heavy atom. The number of hydrogen-bond donors (Lipinski definition) is 2. The summed E-state index contributed by atoms with van der Waals surface area (Å²) >= 11 is 0. The first kappa shape index (κ1) is 10.6. The Morgan fingerprint density at radius 2 is 2.07 bits per heavy atom. The van der Waals surface area contributed by atoms with Gasteiger partial charge in [-0.25, -0.2) is 0 Å². The fourth-order valence-corrected chi connectivity index (χ4v) is 1.21. The number of carbonyl (C=O) groups excluding carboxylic acids is 1. The Balaban J connectivity index is 2.39. The molecule has 0 spiro atoms. The average Bonchev–Trinajstić information content (AvgIpc) is 2.20. The number of aryl methyl sites for hydroxylation is 1. The van der Waals surface area contributed by atoms with Crippen LogP contribution in [-0.4, -0.2) is 19.5 Å². The number of carbonyl (C=O) groups is 1. The molecule has 0 heterocycles. The van der Waals surface area contributed by atoms with Crippen LogP contribution in [0.25, 0.3) is 0 Å². The third kappa shape index (κ3) is 3.09. The molecular formula is C11H16N2O. The molecule has 0 aliphatic heterocycles. The molecule has 0 atom stereocenters. The van der Waals surface area contributed by atoms with Gasteiger partial charge in [-0.3, -0.25) is 4.79 Å². The van der Waals surface area contributed by atoms with E-state index in [0.717, 1.165) is 5.69 Å². The molecule has 76 valence electrons. The fraction of sp³-hybridized carbons (Fsp3) is 0.364. The number of amides is 1. The highest BCUT2D eigenvalue weighted by Crippen LogP contribution is 2.12. The summed E-state index contributed by atoms with van der Waals surface area (Å²) in [5.41, 5.74) is 2.29. The zero-order chi connectivity index (χ0) is 10.4. The summed E-state index contributed by atoms with van der Waals surface area (Å²) in [6.07, 6.45) is 0.505. The average molecular weight is 192 g/mol. The van der Waals surface area contributed by atoms with Crippen molar-refractivity contribution in [1.82, 2.24) is 5.32 Å². The van der Waals surface area contributed by atoms with E-state index in [1.807, 2.05) is 31.2 Å². The van der Waals surface area contributed by atoms with Crippen molar-refractivity contribution in [2.45, 2.75) is 13.3 Å². The highest BCUT2D eigenvalue weighted by molar-refractivity contribution is 5.76. The van der Waals surface area contributed by atoms with Crippen LogP contribution in [0.15, 0.2) is 24.3 Å². The van der Waals surface area contributed by atoms with E-state index in [0.29, 0.717) is 13.0 Å². The van der Waals surface area contributed by atoms with Crippen molar-refractivity contribution in [3.63, 3.8) is 0 Å². The number of anilines is 1. The normalized spacial score (nSPS) is 9.57. The number of para-hydroxylation sites is 1. The lowest BCUT2D eigenvalue weighted by molar-refractivity contribution is -0.120. The molecule has 0 fully saturated rings. The van der Waals surface area contributed by atoms with E-state index in [9.17, 15) is 4.79 Å². The van der Waals surface area contributed by atoms with Gasteiger partial charge in [0.25, 0.3) is 0 Å². The summed E-state index contributed by atoms with van der Waals surface area (Å²) in [6.45, 7) is 2.72. The van der Waals surface area contributed by atoms with Gasteiger partial charge in [0.15, 0.2) is 0 Å². The molecule has 3 nitrogen and oxygen atoms in total. The molecule has 0 saturated heterocycles. The third-order valence-corrected chi connectivity index (χ3v) is 2.09. The van der Waals surface area contributed by atoms with E-state index in [4.69, 9.17) is 0 Å². The topological polar surface area (TPSA) is 41.1 Å². The van der Waals surface area contributed by atoms with Gasteiger partial charge in [-0.2, -0.15) is 0 Å². The van der Waals surface area contributed by atoms with Crippen molar-refractivity contribution in [2.24, 2.45) is 0 Å². The summed E-state index contributed by atoms with van der Waals surface area (Å²) in [5.74, 6) is 0.0612. The standard InChI is InChI=1S/C11H16N2O/c1-9-5-3-4-6-10(9)13-8-7-11(14)12-2/h3-6,13H,7-8H2,1-2H3,(H,12,14). The molecule has 0 radical (unpaired) electrons. The maximum absolute atomic E-state index is 10.9. The number of nitrogens with one attached hydrogen (secondary N) is 2. The number of benzene rings is 1. The zero-order valence-corrected chi connectivity index (χ0v) is 8.63. The molecule has 0 unspecified atom stereocenters. The smallest absolute Gasteiger partial charge is 0.221 e. The van der Waals surface area contributed by atoms with Crippen LogP contribution in [0.3, 0.4) is 0 Å². The second-order valence-electron chi connectivity index (χ2n) is 3.16. The van der Waals surface area contributed by atoms with Gasteiger partial charge in [0.05, 0.1) is 0 Å². The summed E-state index contributed by atoms with van der Waals surface area (Å²) in [6, 6.07) is 8.04. The van der Waals surface area contributed by atoms with E-state index < -0.39 is 0 Å². The molecule has 0 saturated carbocycles. The molecule has 0 aliphatic carbocycles. The van der Waals surface area contributed by atoms with Gasteiger partial charge in [0, 0.05) is 25.7 Å². The summed E-state index contributed by atoms with van der Waals surface area (Å²) in [5, 5.41) is 5.80. The number of hydrogen-bond acceptors (Lipinski definition) is 2. The van der Waals surface area contributed by atoms with E-state index in [1.165, 1.54) is 5.56 Å². The van der Waals surface area contributed by atoms with Crippen molar-refractivity contribution in [3.8, 4) is 0 Å². The molecule has 0 bridgehead atoms. The lowest BCUT2D eigenvalue weighted by atomic mass is 10.2. The minimum Gasteiger partial charge on any atom is -0.384 e. The molecular weight excluding hydrogens is 176 g/mol. The Bertz CT molecular complexity index is 310. The van der Waals surface area contributed by atoms with Crippen LogP contribution in [0.4, 0.5) is 5.69 Å². The predicted octanol–water partition coefficient (Wildman–Crippen LogP) is 1.54. The van der Waals surface area contributed by atoms with Gasteiger partial charge in [0.2, 0.25) is 5.91 Å². The molecule has 1 aromatic carbocycles. The van der Waals surface area contributed by atoms with Crippen molar-refractivity contribution in [1.29, 1.82) is 0 Å². The second-order valence-corrected chi connectivity index (χ2v) is 3.16. The molecule has 0 aliphatic rings. The minimum atomic E-state index is 0.0612. The van der Waals surface area contributed by atoms with Gasteiger partial charge in [-0.15, -0.1) is 0 Å². The Hall–Kier alpha value is -1.51. The highest BCUT2D eigenvalue weighted by atomic mass is 16.1. The summed E-state index contributed by atoms with van der Waals surface area (Å²) < 4.78 is 0. The predicted molar refractivity (Wildman–Crippen MR) is 58.4 cm³/mol. The van der Waals surface area contributed by atoms with Crippen molar-refractivity contribution in [3.05, 3.63) is 29.8 Å². The van der Waals surface area contributed by atoms with Gasteiger partial charge >= 0.3 is 0 Å². The molecule has 3 heteroatoms. The Morgan fingerprint density at radius 3 is 2.71 bits per heavy atom. The minimum absolute atomic E-state index is 0.0612. The first-order valence-electron chi connectivity index (χ1n) is 4.74. The molecule has 14 heavy (non-hydrogen) atoms. The lowest BCUT2D eigenvalue weighted by Crippen LogP contribution is -2.20. The van der Waals surface area contributed by atoms with Crippen molar-refractivity contribution in [2.75, 3.05) is 18.9 Å². The van der Waals surface area contributed by atoms with Gasteiger partial charge in [0.1, 0.15) is 0 Å². The van der Waals surface area contributed by atoms with Crippen LogP contribution >= 0.6 is 0 Å². The third-order valence-electron chi connectivity index (χ3n) is 2.09. The van der Waals surface area contributed by atoms with Gasteiger partial charge < -0.3 is 10.6 Å². The molecule has 1 aromatic rings. The summed E-state index contributed by atoms with van der Waals surface area (Å²) in [7, 11) is 1.65. The number of rotatable bonds is 4. The quantitative estimate of drug-likeness (QED) is 0.759. The van der Waals surface area contributed by atoms with Gasteiger partial charge in [-0.1, -0.05) is 18.2 Å². The maximum atomic E-state index is 10.9. The van der Waals surface area contributed by atoms with Gasteiger partial charge in [-0.05, 0) is 18.6 Å². The zero-order valence-electron chi connectivity index (χ0n) is 8.63. The van der Waals surface area contributed by atoms with Crippen LogP contribution in [0.5, 0.6) is 0 Å². The van der Waals surface area contributed by atoms with E-state index in [-0.39, 0.29) is 5.91 Å². The molecule has 0 aromatic heterocycles. The van der Waals surface area contributed by atoms with Crippen molar-refractivity contribution >= 4 is 11.6 Å². The Labute approximate surface area is 84.5 Å². The lowest BCUT2D eigenvalue weighted by Gasteiger charge is -2.08. The van der Waals surface area contributed by atoms with Crippen molar-refractivity contribution < 1.29 is 4.79 Å². The summed E-state index contributed by atoms with van der Waals surface area (Å²) in [4.78, 5) is 10.9. The second kappa shape index (κ2) is 5.27. The van der Waals surface area contributed by atoms with Crippen LogP contribution < -0.4 is 10.6 Å². The largest absolute Gasteiger partial charge is 0.384 e.